The van der Waals surface area contributed by atoms with Crippen LogP contribution in [0.5, 0.6) is 0 Å². The monoisotopic (exact) mass is 427 g/mol. The molecule has 3 aromatic rings. The zero-order valence-corrected chi connectivity index (χ0v) is 17.6. The Morgan fingerprint density at radius 2 is 1.75 bits per heavy atom. The van der Waals surface area contributed by atoms with Crippen LogP contribution < -0.4 is 16.5 Å². The number of hydrogen-bond acceptors (Lipinski definition) is 6. The van der Waals surface area contributed by atoms with E-state index in [4.69, 9.17) is 20.7 Å². The van der Waals surface area contributed by atoms with Crippen molar-refractivity contribution in [2.24, 2.45) is 15.9 Å². The fraction of sp³-hybridized carbons (Fsp3) is 0.261. The molecule has 161 valence electrons. The van der Waals surface area contributed by atoms with Gasteiger partial charge >= 0.3 is 7.48 Å². The van der Waals surface area contributed by atoms with Crippen molar-refractivity contribution in [3.8, 4) is 11.3 Å². The summed E-state index contributed by atoms with van der Waals surface area (Å²) < 4.78 is 7.50. The molecule has 8 nitrogen and oxygen atoms in total. The molecule has 1 aromatic heterocycles. The molecule has 1 saturated heterocycles. The molecule has 0 amide bonds. The first kappa shape index (κ1) is 20.6. The molecule has 0 spiro atoms. The van der Waals surface area contributed by atoms with Gasteiger partial charge in [-0.25, -0.2) is 9.67 Å². The van der Waals surface area contributed by atoms with Gasteiger partial charge in [0.1, 0.15) is 11.9 Å². The summed E-state index contributed by atoms with van der Waals surface area (Å²) in [5, 5.41) is 20.1. The third kappa shape index (κ3) is 3.75. The second-order valence-corrected chi connectivity index (χ2v) is 7.76. The highest BCUT2D eigenvalue weighted by Gasteiger charge is 2.31. The number of benzene rings is 2. The van der Waals surface area contributed by atoms with E-state index in [1.165, 1.54) is 0 Å². The number of hydrogen-bond donors (Lipinski definition) is 2. The van der Waals surface area contributed by atoms with Gasteiger partial charge < -0.3 is 15.6 Å². The van der Waals surface area contributed by atoms with E-state index < -0.39 is 0 Å². The van der Waals surface area contributed by atoms with Crippen LogP contribution in [-0.2, 0) is 4.74 Å². The van der Waals surface area contributed by atoms with Gasteiger partial charge in [-0.1, -0.05) is 60.7 Å². The third-order valence-electron chi connectivity index (χ3n) is 5.91. The van der Waals surface area contributed by atoms with Gasteiger partial charge in [-0.2, -0.15) is 10.2 Å². The van der Waals surface area contributed by atoms with Crippen molar-refractivity contribution in [2.45, 2.75) is 12.6 Å². The highest BCUT2D eigenvalue weighted by molar-refractivity contribution is 6.53. The van der Waals surface area contributed by atoms with Crippen LogP contribution in [0.25, 0.3) is 16.7 Å². The summed E-state index contributed by atoms with van der Waals surface area (Å²) in [7, 11) is 1.13. The number of nitrogens with zero attached hydrogens (tertiary/aromatic N) is 5. The van der Waals surface area contributed by atoms with E-state index >= 15 is 0 Å². The van der Waals surface area contributed by atoms with Gasteiger partial charge in [0.2, 0.25) is 0 Å². The quantitative estimate of drug-likeness (QED) is 0.358. The minimum Gasteiger partial charge on any atom is -0.450 e. The number of morpholine rings is 1. The Kier molecular flexibility index (Phi) is 5.85. The van der Waals surface area contributed by atoms with Crippen molar-refractivity contribution in [3.05, 3.63) is 76.9 Å². The normalized spacial score (nSPS) is 21.0. The van der Waals surface area contributed by atoms with E-state index in [0.717, 1.165) is 42.6 Å². The van der Waals surface area contributed by atoms with Crippen molar-refractivity contribution >= 4 is 18.8 Å². The lowest BCUT2D eigenvalue weighted by atomic mass is 9.80. The number of rotatable bonds is 4. The van der Waals surface area contributed by atoms with E-state index in [1.54, 1.807) is 0 Å². The summed E-state index contributed by atoms with van der Waals surface area (Å²) in [6.45, 7) is 2.92. The molecule has 0 bridgehead atoms. The van der Waals surface area contributed by atoms with Crippen molar-refractivity contribution in [1.82, 2.24) is 14.7 Å². The Morgan fingerprint density at radius 3 is 2.41 bits per heavy atom. The minimum atomic E-state index is -0.0828. The molecule has 1 radical (unpaired) electrons. The zero-order valence-electron chi connectivity index (χ0n) is 17.6. The lowest BCUT2D eigenvalue weighted by Gasteiger charge is -2.35. The maximum Gasteiger partial charge on any atom is 0.328 e. The highest BCUT2D eigenvalue weighted by Crippen LogP contribution is 2.22. The number of amidine groups is 1. The number of ether oxygens (including phenoxy) is 1. The topological polar surface area (TPSA) is 101 Å². The van der Waals surface area contributed by atoms with Crippen LogP contribution in [0.15, 0.2) is 70.8 Å². The van der Waals surface area contributed by atoms with Gasteiger partial charge in [0, 0.05) is 30.3 Å². The molecule has 3 heterocycles. The first-order valence-corrected chi connectivity index (χ1v) is 10.7. The van der Waals surface area contributed by atoms with E-state index in [1.807, 2.05) is 65.3 Å². The van der Waals surface area contributed by atoms with Gasteiger partial charge in [-0.3, -0.25) is 4.90 Å². The minimum absolute atomic E-state index is 0.0828. The van der Waals surface area contributed by atoms with Crippen LogP contribution in [0, 0.1) is 0 Å². The smallest absolute Gasteiger partial charge is 0.328 e. The summed E-state index contributed by atoms with van der Waals surface area (Å²) in [5.41, 5.74) is 3.86. The molecular weight excluding hydrogens is 403 g/mol. The van der Waals surface area contributed by atoms with Crippen molar-refractivity contribution in [3.63, 3.8) is 0 Å². The van der Waals surface area contributed by atoms with Crippen molar-refractivity contribution in [1.29, 1.82) is 0 Å². The lowest BCUT2D eigenvalue weighted by molar-refractivity contribution is -0.00503. The molecule has 1 fully saturated rings. The highest BCUT2D eigenvalue weighted by atomic mass is 16.5. The first-order valence-electron chi connectivity index (χ1n) is 10.7. The molecule has 0 aliphatic carbocycles. The van der Waals surface area contributed by atoms with Crippen molar-refractivity contribution < 1.29 is 9.76 Å². The number of fused-ring (bicyclic) bond motifs is 1. The lowest BCUT2D eigenvalue weighted by Crippen LogP contribution is -2.49. The Balaban J connectivity index is 1.84. The zero-order chi connectivity index (χ0) is 21.9. The van der Waals surface area contributed by atoms with Gasteiger partial charge in [0.05, 0.1) is 13.2 Å². The van der Waals surface area contributed by atoms with Crippen LogP contribution in [0.3, 0.4) is 0 Å². The number of nitrogens with two attached hydrogens (primary N) is 1. The third-order valence-corrected chi connectivity index (χ3v) is 5.91. The van der Waals surface area contributed by atoms with Gasteiger partial charge in [-0.05, 0) is 11.0 Å². The van der Waals surface area contributed by atoms with E-state index in [0.29, 0.717) is 36.4 Å². The predicted molar refractivity (Wildman–Crippen MR) is 123 cm³/mol. The van der Waals surface area contributed by atoms with E-state index in [-0.39, 0.29) is 6.17 Å². The molecule has 3 N–H and O–H groups in total. The maximum absolute atomic E-state index is 10.3. The second-order valence-electron chi connectivity index (χ2n) is 7.76. The van der Waals surface area contributed by atoms with Crippen LogP contribution >= 0.6 is 0 Å². The Hall–Kier alpha value is -3.27. The van der Waals surface area contributed by atoms with Crippen LogP contribution in [0.1, 0.15) is 18.2 Å². The van der Waals surface area contributed by atoms with Crippen LogP contribution in [0.2, 0.25) is 0 Å². The Morgan fingerprint density at radius 1 is 1.06 bits per heavy atom. The van der Waals surface area contributed by atoms with E-state index in [2.05, 4.69) is 10.0 Å². The number of hydrazone groups is 1. The molecule has 1 unspecified atom stereocenters. The molecular formula is C23H24BN6O2. The summed E-state index contributed by atoms with van der Waals surface area (Å²) in [6, 6.07) is 19.7. The fourth-order valence-electron chi connectivity index (χ4n) is 4.35. The van der Waals surface area contributed by atoms with Crippen LogP contribution in [-0.4, -0.2) is 59.3 Å². The predicted octanol–water partition coefficient (Wildman–Crippen LogP) is 0.444. The first-order chi connectivity index (χ1) is 15.8. The van der Waals surface area contributed by atoms with Gasteiger partial charge in [0.15, 0.2) is 11.3 Å². The molecule has 2 aliphatic rings. The average Bonchev–Trinajstić information content (AvgIpc) is 3.25. The molecule has 1 atom stereocenters. The van der Waals surface area contributed by atoms with Crippen molar-refractivity contribution in [2.75, 3.05) is 26.3 Å². The summed E-state index contributed by atoms with van der Waals surface area (Å²) in [6.07, 6.45) is 0.475. The molecule has 2 aromatic carbocycles. The van der Waals surface area contributed by atoms with Gasteiger partial charge in [0.25, 0.3) is 0 Å². The fourth-order valence-corrected chi connectivity index (χ4v) is 4.35. The average molecular weight is 427 g/mol. The molecule has 32 heavy (non-hydrogen) atoms. The van der Waals surface area contributed by atoms with Crippen LogP contribution in [0.4, 0.5) is 0 Å². The SMILES string of the molecule is NN=C1CC(N2CCOCC2)n2nc(-c3ccccc3)c(=C([B]O)c3ccccc3)c2=N1. The summed E-state index contributed by atoms with van der Waals surface area (Å²) in [4.78, 5) is 7.09. The van der Waals surface area contributed by atoms with Gasteiger partial charge in [-0.15, -0.1) is 0 Å². The molecule has 9 heteroatoms. The number of aromatic nitrogens is 2. The maximum atomic E-state index is 10.3. The summed E-state index contributed by atoms with van der Waals surface area (Å²) in [5.74, 6) is 6.25. The van der Waals surface area contributed by atoms with E-state index in [9.17, 15) is 5.02 Å². The molecule has 5 rings (SSSR count). The largest absolute Gasteiger partial charge is 0.450 e. The standard InChI is InChI=1S/C23H24BN6O2/c25-27-18-15-19(29-11-13-32-14-12-29)30-23(26-18)20(21(24-31)16-7-3-1-4-8-16)22(28-30)17-9-5-2-6-10-17/h1-10,19,31H,11-15,25H2. The molecule has 2 aliphatic heterocycles. The Bertz CT molecular complexity index is 1240. The Labute approximate surface area is 186 Å². The summed E-state index contributed by atoms with van der Waals surface area (Å²) >= 11 is 0. The second kappa shape index (κ2) is 9.08. The molecule has 0 saturated carbocycles.